The highest BCUT2D eigenvalue weighted by atomic mass is 16.4. The highest BCUT2D eigenvalue weighted by molar-refractivity contribution is 5.70. The van der Waals surface area contributed by atoms with Gasteiger partial charge in [0, 0.05) is 6.04 Å². The molecule has 1 aliphatic rings. The molecule has 1 saturated carbocycles. The van der Waals surface area contributed by atoms with Gasteiger partial charge in [-0.3, -0.25) is 4.79 Å². The Morgan fingerprint density at radius 3 is 3.00 bits per heavy atom. The molecule has 0 saturated heterocycles. The molecule has 4 nitrogen and oxygen atoms in total. The summed E-state index contributed by atoms with van der Waals surface area (Å²) in [6.45, 7) is 2.61. The zero-order valence-corrected chi connectivity index (χ0v) is 10.1. The number of aliphatic carboxylic acids is 1. The molecule has 1 aromatic rings. The fraction of sp³-hybridized carbons (Fsp3) is 0.615. The van der Waals surface area contributed by atoms with Crippen molar-refractivity contribution in [3.8, 4) is 0 Å². The van der Waals surface area contributed by atoms with Crippen molar-refractivity contribution in [2.24, 2.45) is 5.92 Å². The lowest BCUT2D eigenvalue weighted by Gasteiger charge is -2.27. The number of hydrogen-bond acceptors (Lipinski definition) is 3. The van der Waals surface area contributed by atoms with Crippen molar-refractivity contribution in [1.82, 2.24) is 5.32 Å². The van der Waals surface area contributed by atoms with E-state index < -0.39 is 5.97 Å². The van der Waals surface area contributed by atoms with E-state index in [0.29, 0.717) is 12.6 Å². The number of nitrogens with one attached hydrogen (secondary N) is 1. The molecule has 0 bridgehead atoms. The molecule has 0 spiro atoms. The summed E-state index contributed by atoms with van der Waals surface area (Å²) < 4.78 is 5.47. The summed E-state index contributed by atoms with van der Waals surface area (Å²) in [4.78, 5) is 10.9. The molecule has 17 heavy (non-hydrogen) atoms. The van der Waals surface area contributed by atoms with Crippen LogP contribution in [0.2, 0.25) is 0 Å². The minimum Gasteiger partial charge on any atom is -0.481 e. The van der Waals surface area contributed by atoms with Crippen LogP contribution in [0.4, 0.5) is 0 Å². The predicted octanol–water partition coefficient (Wildman–Crippen LogP) is 2.32. The summed E-state index contributed by atoms with van der Waals surface area (Å²) in [7, 11) is 0. The van der Waals surface area contributed by atoms with Crippen LogP contribution in [0, 0.1) is 12.8 Å². The highest BCUT2D eigenvalue weighted by Crippen LogP contribution is 2.24. The molecule has 4 heteroatoms. The van der Waals surface area contributed by atoms with Crippen LogP contribution in [0.15, 0.2) is 16.5 Å². The zero-order valence-electron chi connectivity index (χ0n) is 10.1. The van der Waals surface area contributed by atoms with Crippen LogP contribution in [0.1, 0.15) is 37.2 Å². The number of furan rings is 1. The van der Waals surface area contributed by atoms with Gasteiger partial charge in [-0.05, 0) is 38.3 Å². The van der Waals surface area contributed by atoms with E-state index in [-0.39, 0.29) is 5.92 Å². The monoisotopic (exact) mass is 237 g/mol. The molecule has 0 aromatic carbocycles. The van der Waals surface area contributed by atoms with Crippen molar-refractivity contribution in [3.05, 3.63) is 23.7 Å². The van der Waals surface area contributed by atoms with Crippen molar-refractivity contribution in [1.29, 1.82) is 0 Å². The highest BCUT2D eigenvalue weighted by Gasteiger charge is 2.26. The Bertz CT molecular complexity index is 386. The number of carbonyl (C=O) groups is 1. The molecule has 1 aromatic heterocycles. The maximum absolute atomic E-state index is 10.9. The first-order valence-corrected chi connectivity index (χ1v) is 6.16. The summed E-state index contributed by atoms with van der Waals surface area (Å²) in [6, 6.07) is 4.20. The van der Waals surface area contributed by atoms with Gasteiger partial charge in [-0.1, -0.05) is 6.42 Å². The first-order valence-electron chi connectivity index (χ1n) is 6.16. The molecular weight excluding hydrogens is 218 g/mol. The van der Waals surface area contributed by atoms with E-state index in [1.807, 2.05) is 19.1 Å². The minimum atomic E-state index is -0.662. The summed E-state index contributed by atoms with van der Waals surface area (Å²) in [6.07, 6.45) is 3.59. The summed E-state index contributed by atoms with van der Waals surface area (Å²) in [5, 5.41) is 12.4. The van der Waals surface area contributed by atoms with Crippen LogP contribution in [-0.4, -0.2) is 17.1 Å². The molecule has 1 aliphatic carbocycles. The van der Waals surface area contributed by atoms with Crippen LogP contribution < -0.4 is 5.32 Å². The summed E-state index contributed by atoms with van der Waals surface area (Å²) in [5.74, 6) is 0.985. The number of hydrogen-bond donors (Lipinski definition) is 2. The average molecular weight is 237 g/mol. The molecule has 94 valence electrons. The van der Waals surface area contributed by atoms with E-state index in [9.17, 15) is 4.79 Å². The van der Waals surface area contributed by atoms with Crippen LogP contribution in [0.3, 0.4) is 0 Å². The van der Waals surface area contributed by atoms with Gasteiger partial charge in [-0.15, -0.1) is 0 Å². The summed E-state index contributed by atoms with van der Waals surface area (Å²) >= 11 is 0. The number of aryl methyl sites for hydroxylation is 1. The standard InChI is InChI=1S/C13H19NO3/c1-9-5-6-12(17-9)8-14-11-4-2-3-10(7-11)13(15)16/h5-6,10-11,14H,2-4,7-8H2,1H3,(H,15,16). The largest absolute Gasteiger partial charge is 0.481 e. The fourth-order valence-electron chi connectivity index (χ4n) is 2.42. The second-order valence-corrected chi connectivity index (χ2v) is 4.79. The molecule has 0 radical (unpaired) electrons. The van der Waals surface area contributed by atoms with Crippen molar-refractivity contribution >= 4 is 5.97 Å². The van der Waals surface area contributed by atoms with Crippen molar-refractivity contribution < 1.29 is 14.3 Å². The quantitative estimate of drug-likeness (QED) is 0.843. The topological polar surface area (TPSA) is 62.5 Å². The lowest BCUT2D eigenvalue weighted by atomic mass is 9.86. The Hall–Kier alpha value is -1.29. The fourth-order valence-corrected chi connectivity index (χ4v) is 2.42. The number of rotatable bonds is 4. The third-order valence-corrected chi connectivity index (χ3v) is 3.38. The average Bonchev–Trinajstić information content (AvgIpc) is 2.73. The van der Waals surface area contributed by atoms with E-state index in [1.165, 1.54) is 0 Å². The summed E-state index contributed by atoms with van der Waals surface area (Å²) in [5.41, 5.74) is 0. The molecule has 1 heterocycles. The van der Waals surface area contributed by atoms with E-state index in [4.69, 9.17) is 9.52 Å². The normalized spacial score (nSPS) is 24.8. The molecule has 1 fully saturated rings. The van der Waals surface area contributed by atoms with Gasteiger partial charge in [0.25, 0.3) is 0 Å². The van der Waals surface area contributed by atoms with Gasteiger partial charge in [0.05, 0.1) is 12.5 Å². The second kappa shape index (κ2) is 5.36. The van der Waals surface area contributed by atoms with E-state index in [0.717, 1.165) is 37.2 Å². The van der Waals surface area contributed by atoms with Crippen molar-refractivity contribution in [2.45, 2.75) is 45.2 Å². The van der Waals surface area contributed by atoms with Crippen LogP contribution >= 0.6 is 0 Å². The Labute approximate surface area is 101 Å². The maximum Gasteiger partial charge on any atom is 0.306 e. The van der Waals surface area contributed by atoms with Gasteiger partial charge < -0.3 is 14.8 Å². The molecule has 0 aliphatic heterocycles. The van der Waals surface area contributed by atoms with Gasteiger partial charge in [0.15, 0.2) is 0 Å². The van der Waals surface area contributed by atoms with Gasteiger partial charge in [-0.2, -0.15) is 0 Å². The van der Waals surface area contributed by atoms with E-state index in [1.54, 1.807) is 0 Å². The lowest BCUT2D eigenvalue weighted by molar-refractivity contribution is -0.143. The molecular formula is C13H19NO3. The molecule has 0 amide bonds. The third-order valence-electron chi connectivity index (χ3n) is 3.38. The number of carboxylic acid groups (broad SMARTS) is 1. The first-order chi connectivity index (χ1) is 8.15. The van der Waals surface area contributed by atoms with Gasteiger partial charge in [-0.25, -0.2) is 0 Å². The van der Waals surface area contributed by atoms with E-state index in [2.05, 4.69) is 5.32 Å². The smallest absolute Gasteiger partial charge is 0.306 e. The number of carboxylic acids is 1. The Balaban J connectivity index is 1.81. The van der Waals surface area contributed by atoms with Crippen molar-refractivity contribution in [2.75, 3.05) is 0 Å². The van der Waals surface area contributed by atoms with E-state index >= 15 is 0 Å². The van der Waals surface area contributed by atoms with Crippen LogP contribution in [-0.2, 0) is 11.3 Å². The van der Waals surface area contributed by atoms with Crippen molar-refractivity contribution in [3.63, 3.8) is 0 Å². The van der Waals surface area contributed by atoms with Crippen LogP contribution in [0.5, 0.6) is 0 Å². The van der Waals surface area contributed by atoms with Gasteiger partial charge in [0.2, 0.25) is 0 Å². The lowest BCUT2D eigenvalue weighted by Crippen LogP contribution is -2.35. The zero-order chi connectivity index (χ0) is 12.3. The Morgan fingerprint density at radius 2 is 2.35 bits per heavy atom. The Morgan fingerprint density at radius 1 is 1.53 bits per heavy atom. The predicted molar refractivity (Wildman–Crippen MR) is 63.7 cm³/mol. The van der Waals surface area contributed by atoms with Gasteiger partial charge >= 0.3 is 5.97 Å². The molecule has 2 rings (SSSR count). The molecule has 2 N–H and O–H groups in total. The minimum absolute atomic E-state index is 0.181. The Kier molecular flexibility index (Phi) is 3.84. The second-order valence-electron chi connectivity index (χ2n) is 4.79. The third kappa shape index (κ3) is 3.33. The van der Waals surface area contributed by atoms with Crippen LogP contribution in [0.25, 0.3) is 0 Å². The SMILES string of the molecule is Cc1ccc(CNC2CCCC(C(=O)O)C2)o1. The maximum atomic E-state index is 10.9. The molecule has 2 unspecified atom stereocenters. The first kappa shape index (κ1) is 12.2. The molecule has 2 atom stereocenters. The van der Waals surface area contributed by atoms with Gasteiger partial charge in [0.1, 0.15) is 11.5 Å².